The third-order valence-corrected chi connectivity index (χ3v) is 1.06. The van der Waals surface area contributed by atoms with Crippen LogP contribution >= 0.6 is 11.6 Å². The fourth-order valence-electron chi connectivity index (χ4n) is 0.340. The first-order valence-electron chi connectivity index (χ1n) is 2.95. The highest BCUT2D eigenvalue weighted by Gasteiger charge is 1.79. The van der Waals surface area contributed by atoms with Gasteiger partial charge in [0, 0.05) is 5.03 Å². The van der Waals surface area contributed by atoms with Gasteiger partial charge in [0.1, 0.15) is 7.85 Å². The molecule has 0 nitrogen and oxygen atoms in total. The molecule has 0 aliphatic carbocycles. The Morgan fingerprint density at radius 2 is 2.11 bits per heavy atom. The Hall–Kier alpha value is -0.165. The largest absolute Gasteiger partial charge is 0.118 e. The zero-order valence-electron chi connectivity index (χ0n) is 5.82. The topological polar surface area (TPSA) is 0 Å². The van der Waals surface area contributed by atoms with Gasteiger partial charge in [-0.25, -0.2) is 0 Å². The van der Waals surface area contributed by atoms with Crippen LogP contribution in [0.3, 0.4) is 0 Å². The molecule has 0 bridgehead atoms. The summed E-state index contributed by atoms with van der Waals surface area (Å²) in [4.78, 5) is 0. The van der Waals surface area contributed by atoms with E-state index in [9.17, 15) is 0 Å². The number of hydrogen-bond acceptors (Lipinski definition) is 0. The molecule has 0 amide bonds. The molecule has 0 unspecified atom stereocenters. The summed E-state index contributed by atoms with van der Waals surface area (Å²) in [5, 5.41) is 0.756. The lowest BCUT2D eigenvalue weighted by molar-refractivity contribution is 1.19. The van der Waals surface area contributed by atoms with Crippen LogP contribution in [0.5, 0.6) is 0 Å². The maximum Gasteiger partial charge on any atom is 0.107 e. The van der Waals surface area contributed by atoms with Crippen molar-refractivity contribution in [3.05, 3.63) is 22.7 Å². The summed E-state index contributed by atoms with van der Waals surface area (Å²) in [5.41, 5.74) is 0.856. The molecule has 0 N–H and O–H groups in total. The molecular weight excluding hydrogens is 130 g/mol. The molecule has 0 heterocycles. The van der Waals surface area contributed by atoms with Crippen molar-refractivity contribution >= 4 is 19.4 Å². The Kier molecular flexibility index (Phi) is 4.60. The van der Waals surface area contributed by atoms with Crippen molar-refractivity contribution in [3.8, 4) is 0 Å². The van der Waals surface area contributed by atoms with Crippen LogP contribution in [-0.2, 0) is 0 Å². The minimum absolute atomic E-state index is 0.756. The third kappa shape index (κ3) is 5.71. The SMILES string of the molecule is [B]/C(=C/C=C(\C)Cl)CC. The number of allylic oxidation sites excluding steroid dienone is 4. The van der Waals surface area contributed by atoms with E-state index in [2.05, 4.69) is 0 Å². The van der Waals surface area contributed by atoms with E-state index in [0.717, 1.165) is 16.9 Å². The number of rotatable bonds is 2. The maximum absolute atomic E-state index is 5.54. The predicted molar refractivity (Wildman–Crippen MR) is 43.7 cm³/mol. The molecule has 0 aliphatic heterocycles. The van der Waals surface area contributed by atoms with E-state index in [1.54, 1.807) is 6.08 Å². The second kappa shape index (κ2) is 4.69. The summed E-state index contributed by atoms with van der Waals surface area (Å²) in [5.74, 6) is 0. The molecule has 0 rings (SSSR count). The molecular formula is C7H10BCl. The Morgan fingerprint density at radius 3 is 2.44 bits per heavy atom. The quantitative estimate of drug-likeness (QED) is 0.409. The van der Waals surface area contributed by atoms with E-state index >= 15 is 0 Å². The van der Waals surface area contributed by atoms with Gasteiger partial charge in [0.05, 0.1) is 0 Å². The second-order valence-electron chi connectivity index (χ2n) is 1.85. The van der Waals surface area contributed by atoms with Gasteiger partial charge in [-0.1, -0.05) is 24.6 Å². The normalized spacial score (nSPS) is 14.1. The minimum atomic E-state index is 0.756. The smallest absolute Gasteiger partial charge is 0.107 e. The highest BCUT2D eigenvalue weighted by molar-refractivity contribution is 6.29. The zero-order valence-corrected chi connectivity index (χ0v) is 6.57. The van der Waals surface area contributed by atoms with Gasteiger partial charge < -0.3 is 0 Å². The van der Waals surface area contributed by atoms with Crippen LogP contribution in [0.2, 0.25) is 0 Å². The summed E-state index contributed by atoms with van der Waals surface area (Å²) in [6.45, 7) is 3.82. The monoisotopic (exact) mass is 140 g/mol. The molecule has 0 aromatic heterocycles. The average Bonchev–Trinajstić information content (AvgIpc) is 1.83. The van der Waals surface area contributed by atoms with Crippen molar-refractivity contribution in [1.29, 1.82) is 0 Å². The minimum Gasteiger partial charge on any atom is -0.118 e. The van der Waals surface area contributed by atoms with Crippen molar-refractivity contribution in [1.82, 2.24) is 0 Å². The summed E-state index contributed by atoms with van der Waals surface area (Å²) in [6, 6.07) is 0. The van der Waals surface area contributed by atoms with Gasteiger partial charge in [0.25, 0.3) is 0 Å². The highest BCUT2D eigenvalue weighted by Crippen LogP contribution is 2.00. The molecule has 0 saturated carbocycles. The van der Waals surface area contributed by atoms with Gasteiger partial charge in [0.2, 0.25) is 0 Å². The Bertz CT molecular complexity index is 132. The number of hydrogen-bond donors (Lipinski definition) is 0. The average molecular weight is 140 g/mol. The van der Waals surface area contributed by atoms with E-state index < -0.39 is 0 Å². The van der Waals surface area contributed by atoms with Gasteiger partial charge >= 0.3 is 0 Å². The van der Waals surface area contributed by atoms with E-state index in [1.807, 2.05) is 19.9 Å². The fraction of sp³-hybridized carbons (Fsp3) is 0.429. The van der Waals surface area contributed by atoms with Crippen LogP contribution < -0.4 is 0 Å². The van der Waals surface area contributed by atoms with Crippen molar-refractivity contribution in [2.75, 3.05) is 0 Å². The van der Waals surface area contributed by atoms with E-state index in [0.29, 0.717) is 0 Å². The molecule has 2 radical (unpaired) electrons. The molecule has 48 valence electrons. The van der Waals surface area contributed by atoms with Crippen LogP contribution in [0, 0.1) is 0 Å². The molecule has 2 heteroatoms. The molecule has 0 aromatic rings. The Labute approximate surface area is 63.0 Å². The van der Waals surface area contributed by atoms with Gasteiger partial charge in [-0.3, -0.25) is 0 Å². The molecule has 0 saturated heterocycles. The van der Waals surface area contributed by atoms with E-state index in [1.165, 1.54) is 0 Å². The predicted octanol–water partition coefficient (Wildman–Crippen LogP) is 2.59. The Morgan fingerprint density at radius 1 is 1.56 bits per heavy atom. The molecule has 0 aromatic carbocycles. The summed E-state index contributed by atoms with van der Waals surface area (Å²) in [7, 11) is 5.48. The Balaban J connectivity index is 3.83. The molecule has 9 heavy (non-hydrogen) atoms. The van der Waals surface area contributed by atoms with Gasteiger partial charge in [-0.2, -0.15) is 0 Å². The summed E-state index contributed by atoms with van der Waals surface area (Å²) < 4.78 is 0. The first-order valence-corrected chi connectivity index (χ1v) is 3.33. The summed E-state index contributed by atoms with van der Waals surface area (Å²) >= 11 is 5.54. The third-order valence-electron chi connectivity index (χ3n) is 0.935. The van der Waals surface area contributed by atoms with Crippen molar-refractivity contribution < 1.29 is 0 Å². The fourth-order valence-corrected chi connectivity index (χ4v) is 0.403. The van der Waals surface area contributed by atoms with Gasteiger partial charge in [0.15, 0.2) is 0 Å². The lowest BCUT2D eigenvalue weighted by Gasteiger charge is -1.89. The molecule has 0 fully saturated rings. The summed E-state index contributed by atoms with van der Waals surface area (Å²) in [6.07, 6.45) is 4.49. The lowest BCUT2D eigenvalue weighted by Crippen LogP contribution is -1.74. The molecule has 0 aliphatic rings. The number of halogens is 1. The molecule has 0 spiro atoms. The van der Waals surface area contributed by atoms with Gasteiger partial charge in [-0.15, -0.1) is 5.47 Å². The first kappa shape index (κ1) is 8.83. The maximum atomic E-state index is 5.54. The second-order valence-corrected chi connectivity index (χ2v) is 2.44. The van der Waals surface area contributed by atoms with Crippen molar-refractivity contribution in [3.63, 3.8) is 0 Å². The molecule has 0 atom stereocenters. The van der Waals surface area contributed by atoms with Crippen LogP contribution in [0.15, 0.2) is 22.7 Å². The van der Waals surface area contributed by atoms with Crippen molar-refractivity contribution in [2.45, 2.75) is 20.3 Å². The first-order chi connectivity index (χ1) is 4.16. The van der Waals surface area contributed by atoms with E-state index in [4.69, 9.17) is 19.4 Å². The lowest BCUT2D eigenvalue weighted by atomic mass is 9.93. The van der Waals surface area contributed by atoms with Crippen molar-refractivity contribution in [2.24, 2.45) is 0 Å². The van der Waals surface area contributed by atoms with Crippen LogP contribution in [0.25, 0.3) is 0 Å². The van der Waals surface area contributed by atoms with Crippen LogP contribution in [0.4, 0.5) is 0 Å². The van der Waals surface area contributed by atoms with Crippen LogP contribution in [0.1, 0.15) is 20.3 Å². The standard InChI is InChI=1S/C7H10BCl/c1-3-7(8)5-4-6(2)9/h4-5H,3H2,1-2H3/b6-4+,7-5+. The highest BCUT2D eigenvalue weighted by atomic mass is 35.5. The van der Waals surface area contributed by atoms with E-state index in [-0.39, 0.29) is 0 Å². The van der Waals surface area contributed by atoms with Crippen LogP contribution in [-0.4, -0.2) is 7.85 Å². The van der Waals surface area contributed by atoms with Gasteiger partial charge in [-0.05, 0) is 19.4 Å². The zero-order chi connectivity index (χ0) is 7.28.